The van der Waals surface area contributed by atoms with E-state index in [-0.39, 0.29) is 24.7 Å². The molecule has 1 amide bonds. The lowest BCUT2D eigenvalue weighted by Gasteiger charge is -2.04. The summed E-state index contributed by atoms with van der Waals surface area (Å²) in [4.78, 5) is 26.2. The lowest BCUT2D eigenvalue weighted by atomic mass is 10.3. The molecule has 1 heterocycles. The third-order valence-corrected chi connectivity index (χ3v) is 1.83. The summed E-state index contributed by atoms with van der Waals surface area (Å²) in [6.45, 7) is 2.07. The van der Waals surface area contributed by atoms with Crippen molar-refractivity contribution in [2.45, 2.75) is 19.8 Å². The van der Waals surface area contributed by atoms with Crippen LogP contribution in [0.3, 0.4) is 0 Å². The van der Waals surface area contributed by atoms with Crippen LogP contribution < -0.4 is 5.32 Å². The third kappa shape index (κ3) is 4.54. The molecule has 1 N–H and O–H groups in total. The Kier molecular flexibility index (Phi) is 4.98. The van der Waals surface area contributed by atoms with Crippen LogP contribution in [0.4, 0.5) is 5.69 Å². The highest BCUT2D eigenvalue weighted by Gasteiger charge is 2.07. The molecule has 1 rings (SSSR count). The number of pyridine rings is 1. The van der Waals surface area contributed by atoms with Crippen LogP contribution in [0.2, 0.25) is 0 Å². The Hall–Kier alpha value is -1.91. The van der Waals surface area contributed by atoms with Crippen molar-refractivity contribution in [3.8, 4) is 0 Å². The van der Waals surface area contributed by atoms with Gasteiger partial charge in [-0.2, -0.15) is 0 Å². The molecule has 0 atom stereocenters. The van der Waals surface area contributed by atoms with Gasteiger partial charge in [0.25, 0.3) is 0 Å². The van der Waals surface area contributed by atoms with Crippen molar-refractivity contribution >= 4 is 17.6 Å². The van der Waals surface area contributed by atoms with Gasteiger partial charge < -0.3 is 10.1 Å². The average molecular weight is 222 g/mol. The Balaban J connectivity index is 2.29. The molecule has 86 valence electrons. The van der Waals surface area contributed by atoms with Crippen molar-refractivity contribution in [1.29, 1.82) is 0 Å². The van der Waals surface area contributed by atoms with E-state index in [0.29, 0.717) is 12.3 Å². The number of rotatable bonds is 5. The van der Waals surface area contributed by atoms with Crippen molar-refractivity contribution in [2.24, 2.45) is 0 Å². The Morgan fingerprint density at radius 1 is 1.31 bits per heavy atom. The summed E-state index contributed by atoms with van der Waals surface area (Å²) in [7, 11) is 0. The van der Waals surface area contributed by atoms with Crippen LogP contribution >= 0.6 is 0 Å². The zero-order valence-electron chi connectivity index (χ0n) is 9.10. The maximum absolute atomic E-state index is 11.4. The summed E-state index contributed by atoms with van der Waals surface area (Å²) in [6.07, 6.45) is 3.40. The first kappa shape index (κ1) is 12.2. The number of nitrogens with one attached hydrogen (secondary N) is 1. The average Bonchev–Trinajstić information content (AvgIpc) is 2.28. The van der Waals surface area contributed by atoms with E-state index in [1.807, 2.05) is 0 Å². The number of nitrogens with zero attached hydrogens (tertiary/aromatic N) is 1. The van der Waals surface area contributed by atoms with E-state index in [2.05, 4.69) is 10.3 Å². The molecule has 0 fully saturated rings. The van der Waals surface area contributed by atoms with E-state index in [9.17, 15) is 9.59 Å². The largest absolute Gasteiger partial charge is 0.466 e. The second kappa shape index (κ2) is 6.55. The van der Waals surface area contributed by atoms with Crippen LogP contribution in [0.15, 0.2) is 24.5 Å². The maximum atomic E-state index is 11.4. The van der Waals surface area contributed by atoms with Gasteiger partial charge in [-0.25, -0.2) is 0 Å². The van der Waals surface area contributed by atoms with E-state index >= 15 is 0 Å². The Morgan fingerprint density at radius 2 is 2.00 bits per heavy atom. The lowest BCUT2D eigenvalue weighted by Crippen LogP contribution is -2.14. The normalized spacial score (nSPS) is 9.56. The van der Waals surface area contributed by atoms with Gasteiger partial charge in [-0.1, -0.05) is 0 Å². The van der Waals surface area contributed by atoms with Crippen LogP contribution in [-0.4, -0.2) is 23.5 Å². The van der Waals surface area contributed by atoms with Gasteiger partial charge >= 0.3 is 5.97 Å². The van der Waals surface area contributed by atoms with Crippen LogP contribution in [0.1, 0.15) is 19.8 Å². The van der Waals surface area contributed by atoms with Crippen LogP contribution in [-0.2, 0) is 14.3 Å². The number of carbonyl (C=O) groups is 2. The van der Waals surface area contributed by atoms with E-state index in [0.717, 1.165) is 0 Å². The molecule has 0 spiro atoms. The van der Waals surface area contributed by atoms with Crippen molar-refractivity contribution in [1.82, 2.24) is 4.98 Å². The molecule has 0 aliphatic heterocycles. The van der Waals surface area contributed by atoms with Gasteiger partial charge in [0.2, 0.25) is 5.91 Å². The van der Waals surface area contributed by atoms with E-state index in [1.54, 1.807) is 31.5 Å². The Morgan fingerprint density at radius 3 is 2.62 bits per heavy atom. The molecule has 1 aromatic heterocycles. The number of hydrogen-bond acceptors (Lipinski definition) is 4. The van der Waals surface area contributed by atoms with Crippen LogP contribution in [0.5, 0.6) is 0 Å². The molecular formula is C11H14N2O3. The minimum absolute atomic E-state index is 0.102. The minimum atomic E-state index is -0.354. The monoisotopic (exact) mass is 222 g/mol. The van der Waals surface area contributed by atoms with E-state index in [4.69, 9.17) is 4.74 Å². The molecule has 0 unspecified atom stereocenters. The van der Waals surface area contributed by atoms with Gasteiger partial charge in [0.1, 0.15) is 0 Å². The fraction of sp³-hybridized carbons (Fsp3) is 0.364. The molecule has 5 nitrogen and oxygen atoms in total. The van der Waals surface area contributed by atoms with Gasteiger partial charge in [0.05, 0.1) is 13.0 Å². The van der Waals surface area contributed by atoms with Gasteiger partial charge in [0, 0.05) is 24.5 Å². The first-order valence-corrected chi connectivity index (χ1v) is 5.08. The first-order chi connectivity index (χ1) is 7.72. The molecule has 0 bridgehead atoms. The minimum Gasteiger partial charge on any atom is -0.466 e. The topological polar surface area (TPSA) is 68.3 Å². The number of ether oxygens (including phenoxy) is 1. The van der Waals surface area contributed by atoms with E-state index < -0.39 is 0 Å². The summed E-state index contributed by atoms with van der Waals surface area (Å²) < 4.78 is 4.71. The lowest BCUT2D eigenvalue weighted by molar-refractivity contribution is -0.144. The smallest absolute Gasteiger partial charge is 0.306 e. The van der Waals surface area contributed by atoms with Crippen LogP contribution in [0, 0.1) is 0 Å². The summed E-state index contributed by atoms with van der Waals surface area (Å²) in [5, 5.41) is 2.65. The highest BCUT2D eigenvalue weighted by Crippen LogP contribution is 2.04. The van der Waals surface area contributed by atoms with Gasteiger partial charge in [-0.05, 0) is 19.1 Å². The van der Waals surface area contributed by atoms with Gasteiger partial charge in [0.15, 0.2) is 0 Å². The van der Waals surface area contributed by atoms with Crippen molar-refractivity contribution in [3.05, 3.63) is 24.5 Å². The quantitative estimate of drug-likeness (QED) is 0.764. The van der Waals surface area contributed by atoms with Crippen molar-refractivity contribution in [2.75, 3.05) is 11.9 Å². The number of anilines is 1. The predicted molar refractivity (Wildman–Crippen MR) is 58.7 cm³/mol. The zero-order chi connectivity index (χ0) is 11.8. The summed E-state index contributed by atoms with van der Waals surface area (Å²) in [6, 6.07) is 3.37. The molecule has 0 aromatic carbocycles. The summed E-state index contributed by atoms with van der Waals surface area (Å²) in [5.74, 6) is -0.563. The Bertz CT molecular complexity index is 352. The highest BCUT2D eigenvalue weighted by atomic mass is 16.5. The number of carbonyl (C=O) groups excluding carboxylic acids is 2. The van der Waals surface area contributed by atoms with Crippen molar-refractivity contribution < 1.29 is 14.3 Å². The maximum Gasteiger partial charge on any atom is 0.306 e. The highest BCUT2D eigenvalue weighted by molar-refractivity contribution is 5.92. The Labute approximate surface area is 93.8 Å². The second-order valence-corrected chi connectivity index (χ2v) is 3.09. The molecule has 5 heteroatoms. The van der Waals surface area contributed by atoms with Crippen LogP contribution in [0.25, 0.3) is 0 Å². The molecule has 0 aliphatic rings. The summed E-state index contributed by atoms with van der Waals surface area (Å²) in [5.41, 5.74) is 0.670. The molecule has 0 saturated carbocycles. The molecular weight excluding hydrogens is 208 g/mol. The molecule has 0 radical (unpaired) electrons. The predicted octanol–water partition coefficient (Wildman–Crippen LogP) is 1.36. The van der Waals surface area contributed by atoms with Crippen molar-refractivity contribution in [3.63, 3.8) is 0 Å². The number of esters is 1. The standard InChI is InChI=1S/C11H14N2O3/c1-2-16-11(15)4-3-10(14)13-9-5-7-12-8-6-9/h5-8H,2-4H2,1H3,(H,12,13,14). The fourth-order valence-electron chi connectivity index (χ4n) is 1.11. The SMILES string of the molecule is CCOC(=O)CCC(=O)Nc1ccncc1. The molecule has 16 heavy (non-hydrogen) atoms. The van der Waals surface area contributed by atoms with Gasteiger partial charge in [-0.3, -0.25) is 14.6 Å². The summed E-state index contributed by atoms with van der Waals surface area (Å²) >= 11 is 0. The van der Waals surface area contributed by atoms with Gasteiger partial charge in [-0.15, -0.1) is 0 Å². The number of aromatic nitrogens is 1. The third-order valence-electron chi connectivity index (χ3n) is 1.83. The second-order valence-electron chi connectivity index (χ2n) is 3.09. The first-order valence-electron chi connectivity index (χ1n) is 5.08. The number of amides is 1. The molecule has 1 aromatic rings. The number of hydrogen-bond donors (Lipinski definition) is 1. The zero-order valence-corrected chi connectivity index (χ0v) is 9.10. The fourth-order valence-corrected chi connectivity index (χ4v) is 1.11. The van der Waals surface area contributed by atoms with E-state index in [1.165, 1.54) is 0 Å². The molecule has 0 aliphatic carbocycles. The molecule has 0 saturated heterocycles.